The Hall–Kier alpha value is 2.08. The molecule has 242 valence electrons. The van der Waals surface area contributed by atoms with Gasteiger partial charge in [-0.25, -0.2) is 0 Å². The number of hydrogen-bond donors (Lipinski definition) is 0. The predicted octanol–water partition coefficient (Wildman–Crippen LogP) is 8.98. The molecule has 0 N–H and O–H groups in total. The Bertz CT molecular complexity index is 527. The maximum absolute atomic E-state index is 2.16. The number of hydrogen-bond acceptors (Lipinski definition) is 0. The molecule has 0 aromatic rings. The van der Waals surface area contributed by atoms with Gasteiger partial charge in [-0.2, -0.15) is 0 Å². The maximum Gasteiger partial charge on any atom is 2.00 e. The van der Waals surface area contributed by atoms with Crippen molar-refractivity contribution < 1.29 is 68.3 Å². The van der Waals surface area contributed by atoms with Gasteiger partial charge in [0.25, 0.3) is 0 Å². The summed E-state index contributed by atoms with van der Waals surface area (Å²) in [4.78, 5) is 0. The Labute approximate surface area is 345 Å². The van der Waals surface area contributed by atoms with E-state index in [0.717, 1.165) is 12.8 Å². The quantitative estimate of drug-likeness (QED) is 0.244. The van der Waals surface area contributed by atoms with Gasteiger partial charge in [0.05, 0.1) is 0 Å². The van der Waals surface area contributed by atoms with E-state index in [-0.39, 0.29) is 68.3 Å². The van der Waals surface area contributed by atoms with E-state index in [2.05, 4.69) is 219 Å². The second kappa shape index (κ2) is 31.4. The molecule has 0 heterocycles. The van der Waals surface area contributed by atoms with Crippen molar-refractivity contribution in [2.45, 2.75) is 26.7 Å². The molecule has 48 heavy (non-hydrogen) atoms. The minimum Gasteiger partial charge on any atom is -0.0648 e. The molecule has 4 heteroatoms. The zero-order chi connectivity index (χ0) is 30.7. The molecule has 8 rings (SSSR count). The molecule has 0 unspecified atom stereocenters. The Morgan fingerprint density at radius 3 is 0.458 bits per heavy atom. The van der Waals surface area contributed by atoms with E-state index in [1.54, 1.807) is 0 Å². The normalized spacial score (nSPS) is 25.6. The van der Waals surface area contributed by atoms with Crippen LogP contribution in [0.4, 0.5) is 0 Å². The Balaban J connectivity index is 0.000000569. The van der Waals surface area contributed by atoms with Crippen LogP contribution < -0.4 is 0 Å². The van der Waals surface area contributed by atoms with E-state index in [0.29, 0.717) is 0 Å². The first-order valence-corrected chi connectivity index (χ1v) is 15.5. The van der Waals surface area contributed by atoms with E-state index < -0.39 is 0 Å². The van der Waals surface area contributed by atoms with Gasteiger partial charge in [-0.15, -0.1) is 0 Å². The van der Waals surface area contributed by atoms with Gasteiger partial charge in [0, 0.05) is 0 Å². The summed E-state index contributed by atoms with van der Waals surface area (Å²) in [6, 6.07) is 0. The molecular formula is C44H42Fe4+8. The van der Waals surface area contributed by atoms with Gasteiger partial charge in [0.1, 0.15) is 0 Å². The Kier molecular flexibility index (Phi) is 32.8. The summed E-state index contributed by atoms with van der Waals surface area (Å²) in [7, 11) is 0. The molecule has 8 aliphatic carbocycles. The van der Waals surface area contributed by atoms with E-state index >= 15 is 0 Å². The molecular weight excluding hydrogens is 752 g/mol. The summed E-state index contributed by atoms with van der Waals surface area (Å²) >= 11 is 0. The van der Waals surface area contributed by atoms with Crippen LogP contribution in [0.3, 0.4) is 0 Å². The molecule has 0 spiro atoms. The summed E-state index contributed by atoms with van der Waals surface area (Å²) in [5, 5.41) is 0. The molecule has 8 fully saturated rings. The fourth-order valence-corrected chi connectivity index (χ4v) is 4.70. The second-order valence-electron chi connectivity index (χ2n) is 10.3. The van der Waals surface area contributed by atoms with Crippen LogP contribution in [0, 0.1) is 253 Å². The molecule has 0 amide bonds. The number of rotatable bonds is 5. The fraction of sp³-hybridized carbons (Fsp3) is 0.0909. The van der Waals surface area contributed by atoms with E-state index in [1.807, 2.05) is 0 Å². The van der Waals surface area contributed by atoms with E-state index in [9.17, 15) is 0 Å². The molecule has 0 aromatic heterocycles. The smallest absolute Gasteiger partial charge is 0.0648 e. The van der Waals surface area contributed by atoms with Crippen molar-refractivity contribution in [1.29, 1.82) is 0 Å². The van der Waals surface area contributed by atoms with E-state index in [1.165, 1.54) is 47.3 Å². The van der Waals surface area contributed by atoms with Crippen molar-refractivity contribution in [1.82, 2.24) is 0 Å². The van der Waals surface area contributed by atoms with Gasteiger partial charge < -0.3 is 0 Å². The van der Waals surface area contributed by atoms with Crippen LogP contribution >= 0.6 is 0 Å². The van der Waals surface area contributed by atoms with Gasteiger partial charge in [-0.3, -0.25) is 0 Å². The minimum absolute atomic E-state index is 0. The molecule has 8 saturated carbocycles. The Morgan fingerprint density at radius 1 is 0.229 bits per heavy atom. The SMILES string of the molecule is CC[C]1[CH][CH][CH][CH]1.CC[C]1[CH][CH][CH][CH]1.[CH]1[CH][CH][C]([C]2[CH][CH][CH][CH]2)[CH]1.[CH]1[CH][CH][C]([C]2[CH][CH][CH][CH]2)[CH]1.[CH]1[CH][CH][C]([C]2[CH][CH][CH][CH]2)[CH]1.[Fe+2].[Fe+2].[Fe+2].[Fe+2]. The van der Waals surface area contributed by atoms with Crippen LogP contribution in [0.15, 0.2) is 0 Å². The Morgan fingerprint density at radius 2 is 0.354 bits per heavy atom. The molecule has 0 bridgehead atoms. The van der Waals surface area contributed by atoms with Gasteiger partial charge in [0.15, 0.2) is 0 Å². The topological polar surface area (TPSA) is 0 Å². The molecule has 8 aliphatic rings. The van der Waals surface area contributed by atoms with Crippen LogP contribution in [-0.4, -0.2) is 0 Å². The zero-order valence-electron chi connectivity index (χ0n) is 27.3. The first-order valence-electron chi connectivity index (χ1n) is 15.5. The third kappa shape index (κ3) is 19.4. The van der Waals surface area contributed by atoms with Crippen molar-refractivity contribution in [3.05, 3.63) is 253 Å². The summed E-state index contributed by atoms with van der Waals surface area (Å²) in [6.45, 7) is 4.32. The summed E-state index contributed by atoms with van der Waals surface area (Å²) in [6.07, 6.45) is 69.3. The van der Waals surface area contributed by atoms with Crippen molar-refractivity contribution in [3.63, 3.8) is 0 Å². The molecule has 0 aromatic carbocycles. The van der Waals surface area contributed by atoms with Crippen LogP contribution in [-0.2, 0) is 68.3 Å². The maximum atomic E-state index is 2.16. The summed E-state index contributed by atoms with van der Waals surface area (Å²) < 4.78 is 0. The third-order valence-corrected chi connectivity index (χ3v) is 7.26. The average molecular weight is 794 g/mol. The van der Waals surface area contributed by atoms with Crippen LogP contribution in [0.25, 0.3) is 0 Å². The predicted molar refractivity (Wildman–Crippen MR) is 184 cm³/mol. The minimum atomic E-state index is 0. The summed E-state index contributed by atoms with van der Waals surface area (Å²) in [5.74, 6) is 10.7. The second-order valence-corrected chi connectivity index (χ2v) is 10.3. The molecule has 0 aliphatic heterocycles. The zero-order valence-corrected chi connectivity index (χ0v) is 31.7. The van der Waals surface area contributed by atoms with Gasteiger partial charge in [-0.1, -0.05) is 13.8 Å². The molecule has 40 radical (unpaired) electrons. The molecule has 0 atom stereocenters. The fourth-order valence-electron chi connectivity index (χ4n) is 4.70. The molecule has 0 saturated heterocycles. The van der Waals surface area contributed by atoms with Crippen molar-refractivity contribution in [3.8, 4) is 0 Å². The standard InChI is InChI=1S/3C10H8.2C7H9.4Fe/c3*1-2-6-9(5-1)10-7-3-4-8-10;2*1-2-7-5-3-4-6-7;;;;/h3*1-8H;2*3-6H,2H2,1H3;;;;/q;;;;;4*+2. The van der Waals surface area contributed by atoms with Crippen LogP contribution in [0.2, 0.25) is 0 Å². The van der Waals surface area contributed by atoms with Crippen molar-refractivity contribution in [2.24, 2.45) is 0 Å². The van der Waals surface area contributed by atoms with Gasteiger partial charge >= 0.3 is 68.3 Å². The third-order valence-electron chi connectivity index (χ3n) is 7.26. The van der Waals surface area contributed by atoms with Gasteiger partial charge in [0.2, 0.25) is 0 Å². The van der Waals surface area contributed by atoms with Gasteiger partial charge in [-0.05, 0) is 266 Å². The molecule has 0 nitrogen and oxygen atoms in total. The van der Waals surface area contributed by atoms with Crippen LogP contribution in [0.5, 0.6) is 0 Å². The van der Waals surface area contributed by atoms with Crippen molar-refractivity contribution >= 4 is 0 Å². The first kappa shape index (κ1) is 50.1. The largest absolute Gasteiger partial charge is 2.00 e. The average Bonchev–Trinajstić information content (AvgIpc) is 3.93. The van der Waals surface area contributed by atoms with Crippen molar-refractivity contribution in [2.75, 3.05) is 0 Å². The monoisotopic (exact) mass is 794 g/mol. The first-order chi connectivity index (χ1) is 21.8. The summed E-state index contributed by atoms with van der Waals surface area (Å²) in [5.41, 5.74) is 0. The van der Waals surface area contributed by atoms with E-state index in [4.69, 9.17) is 0 Å². The van der Waals surface area contributed by atoms with Crippen LogP contribution in [0.1, 0.15) is 26.7 Å².